The number of piperazine rings is 1. The van der Waals surface area contributed by atoms with E-state index in [1.54, 1.807) is 41.5 Å². The second-order valence-electron chi connectivity index (χ2n) is 8.22. The van der Waals surface area contributed by atoms with Crippen LogP contribution in [0, 0.1) is 5.41 Å². The number of nitrogens with one attached hydrogen (secondary N) is 1. The predicted octanol–water partition coefficient (Wildman–Crippen LogP) is -3.04. The molecule has 11 heteroatoms. The molecule has 1 aliphatic heterocycles. The normalized spacial score (nSPS) is 17.1. The molecule has 0 unspecified atom stereocenters. The summed E-state index contributed by atoms with van der Waals surface area (Å²) in [6.45, 7) is 10.1. The second-order valence-corrected chi connectivity index (χ2v) is 8.22. The van der Waals surface area contributed by atoms with Gasteiger partial charge in [-0.3, -0.25) is 4.79 Å². The van der Waals surface area contributed by atoms with E-state index in [0.29, 0.717) is 0 Å². The zero-order valence-electron chi connectivity index (χ0n) is 18.4. The van der Waals surface area contributed by atoms with Crippen molar-refractivity contribution in [3.05, 3.63) is 0 Å². The van der Waals surface area contributed by atoms with Crippen molar-refractivity contribution in [2.24, 2.45) is 5.41 Å². The van der Waals surface area contributed by atoms with E-state index >= 15 is 0 Å². The third kappa shape index (κ3) is 8.39. The van der Waals surface area contributed by atoms with Gasteiger partial charge in [0, 0.05) is 26.2 Å². The molecule has 0 radical (unpaired) electrons. The average molecular weight is 423 g/mol. The van der Waals surface area contributed by atoms with Crippen LogP contribution in [-0.4, -0.2) is 78.3 Å². The van der Waals surface area contributed by atoms with E-state index < -0.39 is 41.1 Å². The predicted molar refractivity (Wildman–Crippen MR) is 97.1 cm³/mol. The largest absolute Gasteiger partial charge is 1.00 e. The van der Waals surface area contributed by atoms with Crippen molar-refractivity contribution in [3.8, 4) is 0 Å². The van der Waals surface area contributed by atoms with Crippen LogP contribution < -0.4 is 40.0 Å². The molecule has 3 amide bonds. The Kier molecular flexibility index (Phi) is 10.5. The quantitative estimate of drug-likeness (QED) is 0.368. The average Bonchev–Trinajstić information content (AvgIpc) is 2.57. The molecule has 0 aromatic rings. The van der Waals surface area contributed by atoms with E-state index in [0.717, 1.165) is 4.90 Å². The molecule has 0 aromatic heterocycles. The SMILES string of the molecule is CCOC(=O)C(C)(C)CNC(=O)N1CCN(C(=O)OC(C)(C)C)C[C@H]1C(=O)[O-].[Na+]. The van der Waals surface area contributed by atoms with Crippen molar-refractivity contribution in [1.82, 2.24) is 15.1 Å². The molecule has 1 fully saturated rings. The Bertz CT molecular complexity index is 619. The number of nitrogens with zero attached hydrogens (tertiary/aromatic N) is 2. The molecule has 0 bridgehead atoms. The fourth-order valence-corrected chi connectivity index (χ4v) is 2.52. The molecule has 0 saturated carbocycles. The summed E-state index contributed by atoms with van der Waals surface area (Å²) in [6.07, 6.45) is -0.651. The Morgan fingerprint density at radius 1 is 1.10 bits per heavy atom. The number of carboxylic acids is 1. The minimum absolute atomic E-state index is 0. The first-order chi connectivity index (χ1) is 12.8. The number of esters is 1. The summed E-state index contributed by atoms with van der Waals surface area (Å²) in [4.78, 5) is 50.4. The maximum absolute atomic E-state index is 12.5. The van der Waals surface area contributed by atoms with Crippen LogP contribution in [0.15, 0.2) is 0 Å². The molecule has 160 valence electrons. The molecule has 1 heterocycles. The Morgan fingerprint density at radius 3 is 2.17 bits per heavy atom. The van der Waals surface area contributed by atoms with Crippen molar-refractivity contribution >= 4 is 24.1 Å². The minimum atomic E-state index is -1.48. The Balaban J connectivity index is 0.00000784. The number of rotatable bonds is 5. The van der Waals surface area contributed by atoms with Gasteiger partial charge in [-0.05, 0) is 41.5 Å². The number of hydrogen-bond donors (Lipinski definition) is 1. The summed E-state index contributed by atoms with van der Waals surface area (Å²) in [5, 5.41) is 14.1. The molecule has 0 aliphatic carbocycles. The van der Waals surface area contributed by atoms with Gasteiger partial charge in [-0.1, -0.05) is 0 Å². The van der Waals surface area contributed by atoms with Crippen LogP contribution in [0.5, 0.6) is 0 Å². The summed E-state index contributed by atoms with van der Waals surface area (Å²) in [6, 6.07) is -1.98. The molecule has 1 aliphatic rings. The molecule has 1 rings (SSSR count). The Labute approximate surface area is 193 Å². The molecule has 10 nitrogen and oxygen atoms in total. The second kappa shape index (κ2) is 11.0. The topological polar surface area (TPSA) is 128 Å². The van der Waals surface area contributed by atoms with Gasteiger partial charge in [-0.15, -0.1) is 0 Å². The zero-order chi connectivity index (χ0) is 21.7. The third-order valence-corrected chi connectivity index (χ3v) is 4.07. The fourth-order valence-electron chi connectivity index (χ4n) is 2.52. The molecule has 1 N–H and O–H groups in total. The summed E-state index contributed by atoms with van der Waals surface area (Å²) < 4.78 is 10.2. The van der Waals surface area contributed by atoms with Gasteiger partial charge in [0.05, 0.1) is 24.0 Å². The fraction of sp³-hybridized carbons (Fsp3) is 0.778. The first-order valence-electron chi connectivity index (χ1n) is 9.19. The van der Waals surface area contributed by atoms with Crippen LogP contribution in [0.4, 0.5) is 9.59 Å². The van der Waals surface area contributed by atoms with Gasteiger partial charge >= 0.3 is 47.7 Å². The van der Waals surface area contributed by atoms with Gasteiger partial charge in [-0.2, -0.15) is 0 Å². The van der Waals surface area contributed by atoms with Gasteiger partial charge in [0.15, 0.2) is 0 Å². The van der Waals surface area contributed by atoms with Crippen LogP contribution in [0.1, 0.15) is 41.5 Å². The van der Waals surface area contributed by atoms with E-state index in [1.165, 1.54) is 4.90 Å². The maximum atomic E-state index is 12.5. The van der Waals surface area contributed by atoms with Crippen LogP contribution in [0.25, 0.3) is 0 Å². The number of ether oxygens (including phenoxy) is 2. The summed E-state index contributed by atoms with van der Waals surface area (Å²) >= 11 is 0. The minimum Gasteiger partial charge on any atom is -0.548 e. The van der Waals surface area contributed by atoms with Gasteiger partial charge in [0.1, 0.15) is 5.60 Å². The number of amides is 3. The monoisotopic (exact) mass is 423 g/mol. The summed E-state index contributed by atoms with van der Waals surface area (Å²) in [5.74, 6) is -1.95. The molecule has 1 saturated heterocycles. The van der Waals surface area contributed by atoms with Crippen molar-refractivity contribution in [3.63, 3.8) is 0 Å². The molecular weight excluding hydrogens is 393 g/mol. The molecule has 0 aromatic carbocycles. The Morgan fingerprint density at radius 2 is 1.69 bits per heavy atom. The van der Waals surface area contributed by atoms with Crippen LogP contribution in [-0.2, 0) is 19.1 Å². The number of hydrogen-bond acceptors (Lipinski definition) is 7. The number of urea groups is 1. The van der Waals surface area contributed by atoms with Crippen LogP contribution >= 0.6 is 0 Å². The number of aliphatic carboxylic acids is 1. The van der Waals surface area contributed by atoms with Crippen LogP contribution in [0.3, 0.4) is 0 Å². The summed E-state index contributed by atoms with van der Waals surface area (Å²) in [7, 11) is 0. The van der Waals surface area contributed by atoms with E-state index in [2.05, 4.69) is 5.32 Å². The van der Waals surface area contributed by atoms with Gasteiger partial charge in [-0.25, -0.2) is 9.59 Å². The molecule has 1 atom stereocenters. The smallest absolute Gasteiger partial charge is 0.548 e. The first kappa shape index (κ1) is 27.5. The number of carbonyl (C=O) groups is 4. The maximum Gasteiger partial charge on any atom is 1.00 e. The Hall–Kier alpha value is -1.52. The number of carbonyl (C=O) groups excluding carboxylic acids is 4. The van der Waals surface area contributed by atoms with Crippen molar-refractivity contribution in [2.45, 2.75) is 53.2 Å². The molecule has 29 heavy (non-hydrogen) atoms. The zero-order valence-corrected chi connectivity index (χ0v) is 20.4. The van der Waals surface area contributed by atoms with Gasteiger partial charge in [0.25, 0.3) is 0 Å². The van der Waals surface area contributed by atoms with Gasteiger partial charge in [0.2, 0.25) is 0 Å². The van der Waals surface area contributed by atoms with E-state index in [-0.39, 0.29) is 62.3 Å². The van der Waals surface area contributed by atoms with E-state index in [4.69, 9.17) is 9.47 Å². The molecule has 0 spiro atoms. The summed E-state index contributed by atoms with van der Waals surface area (Å²) in [5.41, 5.74) is -1.69. The van der Waals surface area contributed by atoms with Crippen LogP contribution in [0.2, 0.25) is 0 Å². The van der Waals surface area contributed by atoms with Crippen molar-refractivity contribution < 1.29 is 63.3 Å². The molecular formula is C18H30N3NaO7. The van der Waals surface area contributed by atoms with E-state index in [1.807, 2.05) is 0 Å². The number of carboxylic acid groups (broad SMARTS) is 1. The standard InChI is InChI=1S/C18H31N3O7.Na/c1-7-27-14(24)18(5,6)11-19-15(25)21-9-8-20(10-12(21)13(22)23)16(26)28-17(2,3)4;/h12H,7-11H2,1-6H3,(H,19,25)(H,22,23);/q;+1/p-1/t12-;/m0./s1. The van der Waals surface area contributed by atoms with Gasteiger partial charge < -0.3 is 34.5 Å². The first-order valence-corrected chi connectivity index (χ1v) is 9.19. The van der Waals surface area contributed by atoms with Crippen molar-refractivity contribution in [2.75, 3.05) is 32.8 Å². The third-order valence-electron chi connectivity index (χ3n) is 4.07. The van der Waals surface area contributed by atoms with Crippen molar-refractivity contribution in [1.29, 1.82) is 0 Å². The van der Waals surface area contributed by atoms with E-state index in [9.17, 15) is 24.3 Å².